The minimum absolute atomic E-state index is 0.911. The van der Waals surface area contributed by atoms with E-state index in [9.17, 15) is 0 Å². The van der Waals surface area contributed by atoms with Gasteiger partial charge in [-0.25, -0.2) is 5.01 Å². The molecule has 1 aliphatic rings. The van der Waals surface area contributed by atoms with E-state index in [0.717, 1.165) is 32.7 Å². The van der Waals surface area contributed by atoms with Gasteiger partial charge in [0.15, 0.2) is 0 Å². The molecule has 1 N–H and O–H groups in total. The Morgan fingerprint density at radius 1 is 0.947 bits per heavy atom. The third-order valence-corrected chi connectivity index (χ3v) is 3.82. The van der Waals surface area contributed by atoms with Gasteiger partial charge in [0.05, 0.1) is 0 Å². The zero-order valence-electron chi connectivity index (χ0n) is 11.5. The normalized spacial score (nSPS) is 17.9. The molecule has 0 spiro atoms. The van der Waals surface area contributed by atoms with Crippen LogP contribution in [0.1, 0.15) is 5.56 Å². The Balaban J connectivity index is 1.62. The molecule has 0 aromatic heterocycles. The average molecular weight is 255 g/mol. The molecule has 0 radical (unpaired) electrons. The summed E-state index contributed by atoms with van der Waals surface area (Å²) in [5.74, 6) is 0. The lowest BCUT2D eigenvalue weighted by atomic mass is 10.1. The quantitative estimate of drug-likeness (QED) is 0.906. The van der Waals surface area contributed by atoms with E-state index in [2.05, 4.69) is 64.8 Å². The first-order valence-corrected chi connectivity index (χ1v) is 6.96. The van der Waals surface area contributed by atoms with Crippen molar-refractivity contribution in [1.29, 1.82) is 0 Å². The highest BCUT2D eigenvalue weighted by molar-refractivity contribution is 5.82. The number of piperazine rings is 1. The topological polar surface area (TPSA) is 18.5 Å². The number of hydrogen-bond donors (Lipinski definition) is 1. The van der Waals surface area contributed by atoms with Crippen LogP contribution in [0.15, 0.2) is 42.5 Å². The molecule has 0 bridgehead atoms. The molecule has 100 valence electrons. The zero-order chi connectivity index (χ0) is 13.1. The van der Waals surface area contributed by atoms with Crippen LogP contribution >= 0.6 is 0 Å². The standard InChI is InChI=1S/C16H21N3/c1-18-8-10-19(11-9-18)17-13-14-6-7-15-4-2-3-5-16(15)12-14/h2-7,12,17H,8-11,13H2,1H3. The number of rotatable bonds is 3. The van der Waals surface area contributed by atoms with Crippen LogP contribution in [0, 0.1) is 0 Å². The van der Waals surface area contributed by atoms with E-state index in [4.69, 9.17) is 0 Å². The second-order valence-electron chi connectivity index (χ2n) is 5.31. The van der Waals surface area contributed by atoms with Gasteiger partial charge in [0, 0.05) is 32.7 Å². The fourth-order valence-electron chi connectivity index (χ4n) is 2.52. The van der Waals surface area contributed by atoms with Crippen LogP contribution in [0.3, 0.4) is 0 Å². The Bertz CT molecular complexity index is 544. The van der Waals surface area contributed by atoms with Crippen LogP contribution in [0.4, 0.5) is 0 Å². The number of likely N-dealkylation sites (N-methyl/N-ethyl adjacent to an activating group) is 1. The number of benzene rings is 2. The molecule has 3 nitrogen and oxygen atoms in total. The number of nitrogens with one attached hydrogen (secondary N) is 1. The molecule has 2 aromatic carbocycles. The molecule has 1 heterocycles. The lowest BCUT2D eigenvalue weighted by molar-refractivity contribution is 0.102. The Hall–Kier alpha value is -1.42. The molecular weight excluding hydrogens is 234 g/mol. The highest BCUT2D eigenvalue weighted by atomic mass is 15.5. The summed E-state index contributed by atoms with van der Waals surface area (Å²) in [6.07, 6.45) is 0. The van der Waals surface area contributed by atoms with E-state index < -0.39 is 0 Å². The van der Waals surface area contributed by atoms with Gasteiger partial charge >= 0.3 is 0 Å². The van der Waals surface area contributed by atoms with Crippen molar-refractivity contribution in [3.05, 3.63) is 48.0 Å². The minimum Gasteiger partial charge on any atom is -0.304 e. The largest absolute Gasteiger partial charge is 0.304 e. The molecular formula is C16H21N3. The lowest BCUT2D eigenvalue weighted by Crippen LogP contribution is -2.50. The molecule has 0 saturated carbocycles. The molecule has 1 fully saturated rings. The van der Waals surface area contributed by atoms with Gasteiger partial charge in [0.25, 0.3) is 0 Å². The van der Waals surface area contributed by atoms with Crippen LogP contribution in [-0.2, 0) is 6.54 Å². The number of nitrogens with zero attached hydrogens (tertiary/aromatic N) is 2. The van der Waals surface area contributed by atoms with Crippen molar-refractivity contribution in [1.82, 2.24) is 15.3 Å². The third kappa shape index (κ3) is 3.13. The van der Waals surface area contributed by atoms with E-state index >= 15 is 0 Å². The fourth-order valence-corrected chi connectivity index (χ4v) is 2.52. The average Bonchev–Trinajstić information content (AvgIpc) is 2.46. The first-order chi connectivity index (χ1) is 9.31. The molecule has 0 unspecified atom stereocenters. The summed E-state index contributed by atoms with van der Waals surface area (Å²) < 4.78 is 0. The highest BCUT2D eigenvalue weighted by Crippen LogP contribution is 2.15. The number of hydrazine groups is 1. The number of hydrogen-bond acceptors (Lipinski definition) is 3. The summed E-state index contributed by atoms with van der Waals surface area (Å²) in [5, 5.41) is 4.96. The van der Waals surface area contributed by atoms with Gasteiger partial charge in [-0.05, 0) is 29.4 Å². The SMILES string of the molecule is CN1CCN(NCc2ccc3ccccc3c2)CC1. The third-order valence-electron chi connectivity index (χ3n) is 3.82. The lowest BCUT2D eigenvalue weighted by Gasteiger charge is -2.32. The highest BCUT2D eigenvalue weighted by Gasteiger charge is 2.12. The van der Waals surface area contributed by atoms with Gasteiger partial charge in [-0.2, -0.15) is 0 Å². The molecule has 19 heavy (non-hydrogen) atoms. The Labute approximate surface area is 114 Å². The van der Waals surface area contributed by atoms with Crippen LogP contribution in [-0.4, -0.2) is 43.1 Å². The fraction of sp³-hybridized carbons (Fsp3) is 0.375. The van der Waals surface area contributed by atoms with Gasteiger partial charge in [0.2, 0.25) is 0 Å². The van der Waals surface area contributed by atoms with Crippen molar-refractivity contribution in [2.24, 2.45) is 0 Å². The maximum atomic E-state index is 3.53. The maximum absolute atomic E-state index is 3.53. The summed E-state index contributed by atoms with van der Waals surface area (Å²) in [5.41, 5.74) is 4.87. The molecule has 3 rings (SSSR count). The molecule has 1 aliphatic heterocycles. The molecule has 1 saturated heterocycles. The van der Waals surface area contributed by atoms with Gasteiger partial charge in [-0.3, -0.25) is 5.43 Å². The monoisotopic (exact) mass is 255 g/mol. The maximum Gasteiger partial charge on any atom is 0.0353 e. The Morgan fingerprint density at radius 2 is 1.68 bits per heavy atom. The molecule has 2 aromatic rings. The predicted molar refractivity (Wildman–Crippen MR) is 79.9 cm³/mol. The summed E-state index contributed by atoms with van der Waals surface area (Å²) in [6, 6.07) is 15.2. The van der Waals surface area contributed by atoms with E-state index in [1.807, 2.05) is 0 Å². The van der Waals surface area contributed by atoms with E-state index in [1.54, 1.807) is 0 Å². The molecule has 0 atom stereocenters. The zero-order valence-corrected chi connectivity index (χ0v) is 11.5. The molecule has 0 amide bonds. The molecule has 3 heteroatoms. The molecule has 0 aliphatic carbocycles. The first-order valence-electron chi connectivity index (χ1n) is 6.96. The van der Waals surface area contributed by atoms with Crippen LogP contribution in [0.25, 0.3) is 10.8 Å². The number of fused-ring (bicyclic) bond motifs is 1. The van der Waals surface area contributed by atoms with Crippen molar-refractivity contribution in [3.63, 3.8) is 0 Å². The van der Waals surface area contributed by atoms with Crippen LogP contribution in [0.5, 0.6) is 0 Å². The van der Waals surface area contributed by atoms with Crippen molar-refractivity contribution in [2.75, 3.05) is 33.2 Å². The second-order valence-corrected chi connectivity index (χ2v) is 5.31. The predicted octanol–water partition coefficient (Wildman–Crippen LogP) is 2.09. The van der Waals surface area contributed by atoms with E-state index in [0.29, 0.717) is 0 Å². The van der Waals surface area contributed by atoms with Crippen LogP contribution < -0.4 is 5.43 Å². The smallest absolute Gasteiger partial charge is 0.0353 e. The Kier molecular flexibility index (Phi) is 3.78. The van der Waals surface area contributed by atoms with E-state index in [1.165, 1.54) is 16.3 Å². The van der Waals surface area contributed by atoms with Gasteiger partial charge in [0.1, 0.15) is 0 Å². The van der Waals surface area contributed by atoms with Crippen LogP contribution in [0.2, 0.25) is 0 Å². The van der Waals surface area contributed by atoms with Crippen molar-refractivity contribution in [2.45, 2.75) is 6.54 Å². The summed E-state index contributed by atoms with van der Waals surface area (Å²) >= 11 is 0. The summed E-state index contributed by atoms with van der Waals surface area (Å²) in [7, 11) is 2.18. The Morgan fingerprint density at radius 3 is 2.47 bits per heavy atom. The van der Waals surface area contributed by atoms with Crippen molar-refractivity contribution in [3.8, 4) is 0 Å². The van der Waals surface area contributed by atoms with Gasteiger partial charge < -0.3 is 4.90 Å². The second kappa shape index (κ2) is 5.70. The van der Waals surface area contributed by atoms with Crippen molar-refractivity contribution < 1.29 is 0 Å². The van der Waals surface area contributed by atoms with E-state index in [-0.39, 0.29) is 0 Å². The first kappa shape index (κ1) is 12.6. The minimum atomic E-state index is 0.911. The summed E-state index contributed by atoms with van der Waals surface area (Å²) in [4.78, 5) is 2.37. The van der Waals surface area contributed by atoms with Crippen molar-refractivity contribution >= 4 is 10.8 Å². The van der Waals surface area contributed by atoms with Gasteiger partial charge in [-0.1, -0.05) is 36.4 Å². The summed E-state index contributed by atoms with van der Waals surface area (Å²) in [6.45, 7) is 5.40. The van der Waals surface area contributed by atoms with Gasteiger partial charge in [-0.15, -0.1) is 0 Å².